The molecule has 0 radical (unpaired) electrons. The van der Waals surface area contributed by atoms with Crippen LogP contribution in [0.15, 0.2) is 60.2 Å². The average molecular weight is 276 g/mol. The molecule has 0 aromatic heterocycles. The molecule has 1 N–H and O–H groups in total. The van der Waals surface area contributed by atoms with E-state index < -0.39 is 0 Å². The molecule has 2 aromatic carbocycles. The Morgan fingerprint density at radius 2 is 1.81 bits per heavy atom. The van der Waals surface area contributed by atoms with Crippen molar-refractivity contribution in [1.82, 2.24) is 10.4 Å². The molecule has 2 aliphatic rings. The molecule has 0 bridgehead atoms. The fourth-order valence-corrected chi connectivity index (χ4v) is 3.37. The standard InChI is InChI=1S/C18H16N2O/c1-12(21)19-20-17(13-7-3-2-4-8-13)16-11-14-9-5-6-10-15(14)18(16)20/h2-10,17H,11H2,1H3,(H,19,21). The lowest BCUT2D eigenvalue weighted by Gasteiger charge is -2.44. The molecule has 1 aliphatic heterocycles. The lowest BCUT2D eigenvalue weighted by atomic mass is 9.89. The maximum atomic E-state index is 11.5. The maximum absolute atomic E-state index is 11.5. The minimum absolute atomic E-state index is 0.0353. The van der Waals surface area contributed by atoms with Gasteiger partial charge in [0.25, 0.3) is 0 Å². The lowest BCUT2D eigenvalue weighted by molar-refractivity contribution is -0.123. The summed E-state index contributed by atoms with van der Waals surface area (Å²) in [6, 6.07) is 18.9. The Bertz CT molecular complexity index is 749. The van der Waals surface area contributed by atoms with Crippen LogP contribution in [0.3, 0.4) is 0 Å². The highest BCUT2D eigenvalue weighted by Crippen LogP contribution is 2.52. The molecule has 0 saturated heterocycles. The van der Waals surface area contributed by atoms with Crippen molar-refractivity contribution in [3.05, 3.63) is 76.9 Å². The van der Waals surface area contributed by atoms with Crippen molar-refractivity contribution in [2.45, 2.75) is 19.4 Å². The van der Waals surface area contributed by atoms with Gasteiger partial charge in [0.1, 0.15) is 0 Å². The number of amides is 1. The molecule has 0 saturated carbocycles. The molecule has 0 fully saturated rings. The van der Waals surface area contributed by atoms with Crippen LogP contribution in [0.5, 0.6) is 0 Å². The highest BCUT2D eigenvalue weighted by molar-refractivity contribution is 5.84. The van der Waals surface area contributed by atoms with Crippen molar-refractivity contribution < 1.29 is 4.79 Å². The van der Waals surface area contributed by atoms with Gasteiger partial charge in [0.05, 0.1) is 11.7 Å². The molecule has 3 nitrogen and oxygen atoms in total. The second-order valence-electron chi connectivity index (χ2n) is 5.56. The van der Waals surface area contributed by atoms with Gasteiger partial charge in [-0.1, -0.05) is 54.6 Å². The molecule has 21 heavy (non-hydrogen) atoms. The van der Waals surface area contributed by atoms with Crippen LogP contribution in [0.2, 0.25) is 0 Å². The van der Waals surface area contributed by atoms with Gasteiger partial charge >= 0.3 is 0 Å². The first-order chi connectivity index (χ1) is 10.3. The van der Waals surface area contributed by atoms with E-state index in [1.54, 1.807) is 6.92 Å². The molecule has 1 amide bonds. The van der Waals surface area contributed by atoms with Crippen LogP contribution in [-0.4, -0.2) is 10.9 Å². The van der Waals surface area contributed by atoms with Crippen LogP contribution >= 0.6 is 0 Å². The Balaban J connectivity index is 1.78. The van der Waals surface area contributed by atoms with Crippen molar-refractivity contribution in [1.29, 1.82) is 0 Å². The number of fused-ring (bicyclic) bond motifs is 2. The van der Waals surface area contributed by atoms with E-state index in [-0.39, 0.29) is 11.9 Å². The van der Waals surface area contributed by atoms with Gasteiger partial charge in [-0.3, -0.25) is 15.2 Å². The van der Waals surface area contributed by atoms with Crippen molar-refractivity contribution in [3.8, 4) is 0 Å². The van der Waals surface area contributed by atoms with Gasteiger partial charge in [-0.25, -0.2) is 0 Å². The van der Waals surface area contributed by atoms with Gasteiger partial charge in [0.2, 0.25) is 5.91 Å². The van der Waals surface area contributed by atoms with Crippen LogP contribution in [0.4, 0.5) is 0 Å². The number of benzene rings is 2. The SMILES string of the molecule is CC(=O)NN1C2=C(Cc3ccccc32)C1c1ccccc1. The summed E-state index contributed by atoms with van der Waals surface area (Å²) in [4.78, 5) is 11.5. The van der Waals surface area contributed by atoms with E-state index in [0.717, 1.165) is 6.42 Å². The predicted molar refractivity (Wildman–Crippen MR) is 81.9 cm³/mol. The van der Waals surface area contributed by atoms with Crippen molar-refractivity contribution >= 4 is 11.6 Å². The second kappa shape index (κ2) is 4.48. The molecule has 1 heterocycles. The smallest absolute Gasteiger partial charge is 0.235 e. The molecular weight excluding hydrogens is 260 g/mol. The van der Waals surface area contributed by atoms with Crippen LogP contribution in [0, 0.1) is 0 Å². The van der Waals surface area contributed by atoms with E-state index in [1.165, 1.54) is 28.0 Å². The number of nitrogens with zero attached hydrogens (tertiary/aromatic N) is 1. The Hall–Kier alpha value is -2.55. The third-order valence-electron chi connectivity index (χ3n) is 4.18. The zero-order valence-electron chi connectivity index (χ0n) is 11.8. The lowest BCUT2D eigenvalue weighted by Crippen LogP contribution is -2.48. The van der Waals surface area contributed by atoms with Gasteiger partial charge in [0, 0.05) is 12.5 Å². The molecular formula is C18H16N2O. The molecule has 1 unspecified atom stereocenters. The van der Waals surface area contributed by atoms with E-state index in [2.05, 4.69) is 41.8 Å². The van der Waals surface area contributed by atoms with Crippen LogP contribution in [0.25, 0.3) is 5.70 Å². The number of hydrogen-bond acceptors (Lipinski definition) is 2. The Kier molecular flexibility index (Phi) is 2.61. The summed E-state index contributed by atoms with van der Waals surface area (Å²) in [5, 5.41) is 2.01. The van der Waals surface area contributed by atoms with E-state index in [4.69, 9.17) is 0 Å². The van der Waals surface area contributed by atoms with Gasteiger partial charge in [0.15, 0.2) is 0 Å². The Morgan fingerprint density at radius 3 is 2.57 bits per heavy atom. The first-order valence-electron chi connectivity index (χ1n) is 7.18. The summed E-state index contributed by atoms with van der Waals surface area (Å²) in [5.74, 6) is -0.0353. The van der Waals surface area contributed by atoms with Crippen molar-refractivity contribution in [2.24, 2.45) is 0 Å². The molecule has 0 spiro atoms. The number of hydrazine groups is 1. The van der Waals surface area contributed by atoms with Crippen molar-refractivity contribution in [3.63, 3.8) is 0 Å². The molecule has 1 atom stereocenters. The molecule has 2 aromatic rings. The Morgan fingerprint density at radius 1 is 1.10 bits per heavy atom. The molecule has 1 aliphatic carbocycles. The van der Waals surface area contributed by atoms with Crippen LogP contribution < -0.4 is 5.43 Å². The number of hydrogen-bond donors (Lipinski definition) is 1. The largest absolute Gasteiger partial charge is 0.274 e. The van der Waals surface area contributed by atoms with Crippen LogP contribution in [-0.2, 0) is 11.2 Å². The van der Waals surface area contributed by atoms with Crippen LogP contribution in [0.1, 0.15) is 29.7 Å². The van der Waals surface area contributed by atoms with E-state index >= 15 is 0 Å². The first kappa shape index (κ1) is 12.2. The van der Waals surface area contributed by atoms with E-state index in [1.807, 2.05) is 23.2 Å². The monoisotopic (exact) mass is 276 g/mol. The van der Waals surface area contributed by atoms with Gasteiger partial charge in [-0.15, -0.1) is 0 Å². The number of carbonyl (C=O) groups is 1. The summed E-state index contributed by atoms with van der Waals surface area (Å²) < 4.78 is 0. The minimum atomic E-state index is -0.0353. The highest BCUT2D eigenvalue weighted by Gasteiger charge is 2.44. The third kappa shape index (κ3) is 1.77. The van der Waals surface area contributed by atoms with E-state index in [9.17, 15) is 4.79 Å². The fraction of sp³-hybridized carbons (Fsp3) is 0.167. The second-order valence-corrected chi connectivity index (χ2v) is 5.56. The minimum Gasteiger partial charge on any atom is -0.274 e. The van der Waals surface area contributed by atoms with E-state index in [0.29, 0.717) is 0 Å². The highest BCUT2D eigenvalue weighted by atomic mass is 16.2. The van der Waals surface area contributed by atoms with Gasteiger partial charge in [-0.2, -0.15) is 0 Å². The summed E-state index contributed by atoms with van der Waals surface area (Å²) >= 11 is 0. The summed E-state index contributed by atoms with van der Waals surface area (Å²) in [6.45, 7) is 1.56. The number of rotatable bonds is 2. The zero-order valence-corrected chi connectivity index (χ0v) is 11.8. The zero-order chi connectivity index (χ0) is 14.4. The number of nitrogens with one attached hydrogen (secondary N) is 1. The van der Waals surface area contributed by atoms with Gasteiger partial charge < -0.3 is 0 Å². The predicted octanol–water partition coefficient (Wildman–Crippen LogP) is 3.06. The number of carbonyl (C=O) groups excluding carboxylic acids is 1. The maximum Gasteiger partial charge on any atom is 0.235 e. The topological polar surface area (TPSA) is 32.3 Å². The van der Waals surface area contributed by atoms with Gasteiger partial charge in [-0.05, 0) is 23.1 Å². The molecule has 3 heteroatoms. The summed E-state index contributed by atoms with van der Waals surface area (Å²) in [7, 11) is 0. The molecule has 4 rings (SSSR count). The average Bonchev–Trinajstić information content (AvgIpc) is 2.80. The quantitative estimate of drug-likeness (QED) is 0.914. The van der Waals surface area contributed by atoms with Crippen molar-refractivity contribution in [2.75, 3.05) is 0 Å². The molecule has 104 valence electrons. The summed E-state index contributed by atoms with van der Waals surface area (Å²) in [6.07, 6.45) is 0.973. The Labute approximate surface area is 123 Å². The first-order valence-corrected chi connectivity index (χ1v) is 7.18. The summed E-state index contributed by atoms with van der Waals surface area (Å²) in [5.41, 5.74) is 9.36. The normalized spacial score (nSPS) is 18.9. The fourth-order valence-electron chi connectivity index (χ4n) is 3.37. The third-order valence-corrected chi connectivity index (χ3v) is 4.18.